The van der Waals surface area contributed by atoms with E-state index < -0.39 is 15.0 Å². The SMILES string of the molecule is O=[N+]([O-])c1ccc(S(=O)(=O)O)c([C@H]2[C@H]3C[C@H]4C[C@@H](C3)[C@H](CBr)[C@H]2C4)c1. The Hall–Kier alpha value is -0.990. The zero-order valence-corrected chi connectivity index (χ0v) is 15.9. The van der Waals surface area contributed by atoms with Gasteiger partial charge in [0, 0.05) is 17.5 Å². The largest absolute Gasteiger partial charge is 0.294 e. The summed E-state index contributed by atoms with van der Waals surface area (Å²) in [5.74, 6) is 2.44. The monoisotopic (exact) mass is 429 g/mol. The van der Waals surface area contributed by atoms with Gasteiger partial charge < -0.3 is 0 Å². The fourth-order valence-electron chi connectivity index (χ4n) is 5.91. The first-order chi connectivity index (χ1) is 11.8. The topological polar surface area (TPSA) is 97.5 Å². The van der Waals surface area contributed by atoms with Crippen molar-refractivity contribution in [3.63, 3.8) is 0 Å². The Labute approximate surface area is 155 Å². The van der Waals surface area contributed by atoms with Crippen molar-refractivity contribution >= 4 is 31.7 Å². The van der Waals surface area contributed by atoms with Gasteiger partial charge in [-0.25, -0.2) is 0 Å². The Morgan fingerprint density at radius 3 is 2.56 bits per heavy atom. The maximum Gasteiger partial charge on any atom is 0.294 e. The molecule has 6 atom stereocenters. The van der Waals surface area contributed by atoms with Gasteiger partial charge in [0.15, 0.2) is 0 Å². The standard InChI is InChI=1S/C17H20BrNO5S/c18-8-15-10-3-9-4-11(6-10)17(13(15)5-9)14-7-12(19(20)21)1-2-16(14)25(22,23)24/h1-2,7,9-11,13,15,17H,3-6,8H2,(H,22,23,24)/t9-,10+,11+,13-,15+,17+/m1/s1. The van der Waals surface area contributed by atoms with Gasteiger partial charge in [-0.15, -0.1) is 0 Å². The first-order valence-electron chi connectivity index (χ1n) is 8.61. The van der Waals surface area contributed by atoms with Crippen molar-refractivity contribution < 1.29 is 17.9 Å². The molecule has 0 radical (unpaired) electrons. The van der Waals surface area contributed by atoms with Gasteiger partial charge in [-0.05, 0) is 72.8 Å². The van der Waals surface area contributed by atoms with Gasteiger partial charge in [0.1, 0.15) is 0 Å². The third kappa shape index (κ3) is 2.82. The van der Waals surface area contributed by atoms with E-state index in [1.54, 1.807) is 0 Å². The smallest absolute Gasteiger partial charge is 0.282 e. The van der Waals surface area contributed by atoms with E-state index >= 15 is 0 Å². The highest BCUT2D eigenvalue weighted by Crippen LogP contribution is 2.63. The number of nitro benzene ring substituents is 1. The summed E-state index contributed by atoms with van der Waals surface area (Å²) in [4.78, 5) is 10.5. The lowest BCUT2D eigenvalue weighted by Crippen LogP contribution is -2.50. The molecule has 8 heteroatoms. The number of non-ortho nitro benzene ring substituents is 1. The van der Waals surface area contributed by atoms with Crippen LogP contribution in [0.4, 0.5) is 5.69 Å². The van der Waals surface area contributed by atoms with E-state index in [9.17, 15) is 23.1 Å². The number of benzene rings is 1. The number of hydrogen-bond acceptors (Lipinski definition) is 4. The molecule has 4 fully saturated rings. The molecule has 1 aromatic rings. The highest BCUT2D eigenvalue weighted by atomic mass is 79.9. The van der Waals surface area contributed by atoms with Crippen molar-refractivity contribution in [2.24, 2.45) is 29.6 Å². The summed E-state index contributed by atoms with van der Waals surface area (Å²) < 4.78 is 33.5. The van der Waals surface area contributed by atoms with Crippen molar-refractivity contribution in [1.29, 1.82) is 0 Å². The van der Waals surface area contributed by atoms with Crippen LogP contribution in [0.5, 0.6) is 0 Å². The second-order valence-electron chi connectivity index (χ2n) is 7.79. The number of alkyl halides is 1. The normalized spacial score (nSPS) is 36.6. The maximum atomic E-state index is 11.9. The average molecular weight is 430 g/mol. The summed E-state index contributed by atoms with van der Waals surface area (Å²) in [6.07, 6.45) is 4.39. The van der Waals surface area contributed by atoms with Gasteiger partial charge >= 0.3 is 0 Å². The molecule has 0 aliphatic heterocycles. The fourth-order valence-corrected chi connectivity index (χ4v) is 7.65. The Morgan fingerprint density at radius 1 is 1.20 bits per heavy atom. The second-order valence-corrected chi connectivity index (χ2v) is 9.83. The van der Waals surface area contributed by atoms with E-state index in [4.69, 9.17) is 0 Å². The van der Waals surface area contributed by atoms with Gasteiger partial charge in [0.25, 0.3) is 15.8 Å². The minimum absolute atomic E-state index is 0.0350. The van der Waals surface area contributed by atoms with Crippen LogP contribution in [-0.2, 0) is 10.1 Å². The molecule has 6 nitrogen and oxygen atoms in total. The molecule has 4 bridgehead atoms. The number of hydrogen-bond donors (Lipinski definition) is 1. The lowest BCUT2D eigenvalue weighted by atomic mass is 9.47. The van der Waals surface area contributed by atoms with Gasteiger partial charge in [0.05, 0.1) is 9.82 Å². The highest BCUT2D eigenvalue weighted by molar-refractivity contribution is 9.09. The van der Waals surface area contributed by atoms with Crippen LogP contribution < -0.4 is 0 Å². The van der Waals surface area contributed by atoms with Crippen molar-refractivity contribution in [1.82, 2.24) is 0 Å². The Bertz CT molecular complexity index is 826. The summed E-state index contributed by atoms with van der Waals surface area (Å²) in [6, 6.07) is 3.73. The zero-order chi connectivity index (χ0) is 17.9. The molecule has 0 amide bonds. The van der Waals surface area contributed by atoms with E-state index in [1.807, 2.05) is 0 Å². The lowest BCUT2D eigenvalue weighted by Gasteiger charge is -2.58. The van der Waals surface area contributed by atoms with Crippen molar-refractivity contribution in [2.45, 2.75) is 36.5 Å². The summed E-state index contributed by atoms with van der Waals surface area (Å²) in [6.45, 7) is 0. The molecule has 4 aliphatic carbocycles. The van der Waals surface area contributed by atoms with Crippen LogP contribution in [-0.4, -0.2) is 23.2 Å². The summed E-state index contributed by atoms with van der Waals surface area (Å²) in [7, 11) is -4.42. The number of nitro groups is 1. The minimum atomic E-state index is -4.42. The Morgan fingerprint density at radius 2 is 1.92 bits per heavy atom. The van der Waals surface area contributed by atoms with Crippen LogP contribution in [0.3, 0.4) is 0 Å². The molecule has 1 N–H and O–H groups in total. The minimum Gasteiger partial charge on any atom is -0.282 e. The van der Waals surface area contributed by atoms with Gasteiger partial charge in [-0.3, -0.25) is 14.7 Å². The van der Waals surface area contributed by atoms with E-state index in [2.05, 4.69) is 15.9 Å². The molecule has 0 aromatic heterocycles. The molecule has 5 rings (SSSR count). The predicted molar refractivity (Wildman–Crippen MR) is 95.4 cm³/mol. The zero-order valence-electron chi connectivity index (χ0n) is 13.5. The van der Waals surface area contributed by atoms with Crippen LogP contribution in [0.25, 0.3) is 0 Å². The van der Waals surface area contributed by atoms with Crippen LogP contribution in [0.2, 0.25) is 0 Å². The van der Waals surface area contributed by atoms with Crippen molar-refractivity contribution in [2.75, 3.05) is 5.33 Å². The molecule has 0 saturated heterocycles. The number of rotatable bonds is 4. The number of nitrogens with zero attached hydrogens (tertiary/aromatic N) is 1. The molecular formula is C17H20BrNO5S. The molecule has 136 valence electrons. The van der Waals surface area contributed by atoms with Crippen molar-refractivity contribution in [3.05, 3.63) is 33.9 Å². The summed E-state index contributed by atoms with van der Waals surface area (Å²) in [5, 5.41) is 12.1. The molecule has 0 heterocycles. The first-order valence-corrected chi connectivity index (χ1v) is 11.2. The average Bonchev–Trinajstić information content (AvgIpc) is 2.53. The Balaban J connectivity index is 1.85. The van der Waals surface area contributed by atoms with Crippen LogP contribution in [0.1, 0.15) is 37.2 Å². The molecule has 25 heavy (non-hydrogen) atoms. The molecule has 0 unspecified atom stereocenters. The lowest BCUT2D eigenvalue weighted by molar-refractivity contribution is -0.385. The molecule has 4 saturated carbocycles. The summed E-state index contributed by atoms with van der Waals surface area (Å²) in [5.41, 5.74) is 0.322. The van der Waals surface area contributed by atoms with Gasteiger partial charge in [-0.1, -0.05) is 15.9 Å². The van der Waals surface area contributed by atoms with Gasteiger partial charge in [-0.2, -0.15) is 8.42 Å². The summed E-state index contributed by atoms with van der Waals surface area (Å²) >= 11 is 3.62. The van der Waals surface area contributed by atoms with E-state index in [0.29, 0.717) is 35.2 Å². The first kappa shape index (κ1) is 17.4. The number of halogens is 1. The third-order valence-corrected chi connectivity index (χ3v) is 8.30. The fraction of sp³-hybridized carbons (Fsp3) is 0.647. The molecule has 1 aromatic carbocycles. The molecule has 0 spiro atoms. The Kier molecular flexibility index (Phi) is 4.20. The van der Waals surface area contributed by atoms with Crippen LogP contribution in [0, 0.1) is 39.7 Å². The van der Waals surface area contributed by atoms with Crippen LogP contribution in [0.15, 0.2) is 23.1 Å². The van der Waals surface area contributed by atoms with Gasteiger partial charge in [0.2, 0.25) is 0 Å². The molecular weight excluding hydrogens is 410 g/mol. The molecule has 4 aliphatic rings. The van der Waals surface area contributed by atoms with E-state index in [0.717, 1.165) is 30.7 Å². The van der Waals surface area contributed by atoms with E-state index in [-0.39, 0.29) is 16.5 Å². The van der Waals surface area contributed by atoms with Crippen molar-refractivity contribution in [3.8, 4) is 0 Å². The second kappa shape index (κ2) is 6.03. The quantitative estimate of drug-likeness (QED) is 0.337. The van der Waals surface area contributed by atoms with E-state index in [1.165, 1.54) is 18.6 Å². The third-order valence-electron chi connectivity index (χ3n) is 6.63. The predicted octanol–water partition coefficient (Wildman–Crippen LogP) is 4.00. The highest BCUT2D eigenvalue weighted by Gasteiger charge is 2.54. The maximum absolute atomic E-state index is 11.9. The van der Waals surface area contributed by atoms with Crippen LogP contribution >= 0.6 is 15.9 Å².